The Balaban J connectivity index is 2.14. The molecule has 0 heterocycles. The van der Waals surface area contributed by atoms with E-state index in [1.165, 1.54) is 0 Å². The van der Waals surface area contributed by atoms with Gasteiger partial charge in [0.05, 0.1) is 12.3 Å². The molecule has 0 atom stereocenters. The van der Waals surface area contributed by atoms with Crippen molar-refractivity contribution in [3.05, 3.63) is 57.5 Å². The molecule has 0 bridgehead atoms. The summed E-state index contributed by atoms with van der Waals surface area (Å²) < 4.78 is 6.31. The molecule has 1 amide bonds. The highest BCUT2D eigenvalue weighted by atomic mass is 79.9. The van der Waals surface area contributed by atoms with E-state index in [1.54, 1.807) is 36.4 Å². The van der Waals surface area contributed by atoms with Crippen molar-refractivity contribution in [1.82, 2.24) is 0 Å². The standard InChI is InChI=1S/C16H15BrClNO2/c1-2-8-21-13-5-3-4-11(9-13)16(20)19-15-10-12(18)6-7-14(15)17/h3-7,9-10H,2,8H2,1H3,(H,19,20). The van der Waals surface area contributed by atoms with Gasteiger partial charge in [0.2, 0.25) is 0 Å². The third-order valence-electron chi connectivity index (χ3n) is 2.75. The normalized spacial score (nSPS) is 10.2. The molecule has 0 unspecified atom stereocenters. The second-order valence-electron chi connectivity index (χ2n) is 4.45. The van der Waals surface area contributed by atoms with Gasteiger partial charge in [0.25, 0.3) is 5.91 Å². The molecule has 0 saturated heterocycles. The number of carbonyl (C=O) groups is 1. The molecule has 2 rings (SSSR count). The first-order valence-corrected chi connectivity index (χ1v) is 7.76. The van der Waals surface area contributed by atoms with Crippen LogP contribution < -0.4 is 10.1 Å². The lowest BCUT2D eigenvalue weighted by atomic mass is 10.2. The minimum Gasteiger partial charge on any atom is -0.494 e. The first-order valence-electron chi connectivity index (χ1n) is 6.59. The lowest BCUT2D eigenvalue weighted by Gasteiger charge is -2.09. The fourth-order valence-electron chi connectivity index (χ4n) is 1.73. The van der Waals surface area contributed by atoms with Crippen LogP contribution in [0, 0.1) is 0 Å². The fraction of sp³-hybridized carbons (Fsp3) is 0.188. The second kappa shape index (κ2) is 7.48. The van der Waals surface area contributed by atoms with Gasteiger partial charge < -0.3 is 10.1 Å². The summed E-state index contributed by atoms with van der Waals surface area (Å²) in [7, 11) is 0. The summed E-state index contributed by atoms with van der Waals surface area (Å²) in [5.74, 6) is 0.481. The third kappa shape index (κ3) is 4.48. The van der Waals surface area contributed by atoms with Crippen LogP contribution in [0.15, 0.2) is 46.9 Å². The van der Waals surface area contributed by atoms with E-state index in [9.17, 15) is 4.79 Å². The SMILES string of the molecule is CCCOc1cccc(C(=O)Nc2cc(Cl)ccc2Br)c1. The smallest absolute Gasteiger partial charge is 0.255 e. The topological polar surface area (TPSA) is 38.3 Å². The molecule has 110 valence electrons. The van der Waals surface area contributed by atoms with Gasteiger partial charge >= 0.3 is 0 Å². The van der Waals surface area contributed by atoms with Gasteiger partial charge in [0, 0.05) is 15.1 Å². The number of hydrogen-bond acceptors (Lipinski definition) is 2. The summed E-state index contributed by atoms with van der Waals surface area (Å²) in [5, 5.41) is 3.39. The molecule has 5 heteroatoms. The van der Waals surface area contributed by atoms with E-state index < -0.39 is 0 Å². The number of amides is 1. The van der Waals surface area contributed by atoms with Gasteiger partial charge in [-0.2, -0.15) is 0 Å². The lowest BCUT2D eigenvalue weighted by Crippen LogP contribution is -2.12. The van der Waals surface area contributed by atoms with Crippen LogP contribution in [0.25, 0.3) is 0 Å². The predicted molar refractivity (Wildman–Crippen MR) is 89.3 cm³/mol. The van der Waals surface area contributed by atoms with Gasteiger partial charge in [-0.3, -0.25) is 4.79 Å². The zero-order valence-corrected chi connectivity index (χ0v) is 13.9. The Bertz CT molecular complexity index is 646. The van der Waals surface area contributed by atoms with Crippen molar-refractivity contribution in [1.29, 1.82) is 0 Å². The Morgan fingerprint density at radius 1 is 1.29 bits per heavy atom. The van der Waals surface area contributed by atoms with Gasteiger partial charge in [0.1, 0.15) is 5.75 Å². The molecular weight excluding hydrogens is 354 g/mol. The monoisotopic (exact) mass is 367 g/mol. The van der Waals surface area contributed by atoms with Gasteiger partial charge in [-0.05, 0) is 58.7 Å². The minimum atomic E-state index is -0.208. The molecular formula is C16H15BrClNO2. The molecule has 1 N–H and O–H groups in total. The molecule has 2 aromatic rings. The molecule has 0 aromatic heterocycles. The predicted octanol–water partition coefficient (Wildman–Crippen LogP) is 5.14. The number of hydrogen-bond donors (Lipinski definition) is 1. The zero-order chi connectivity index (χ0) is 15.2. The molecule has 0 aliphatic rings. The maximum absolute atomic E-state index is 12.3. The number of benzene rings is 2. The molecule has 3 nitrogen and oxygen atoms in total. The highest BCUT2D eigenvalue weighted by molar-refractivity contribution is 9.10. The second-order valence-corrected chi connectivity index (χ2v) is 5.75. The van der Waals surface area contributed by atoms with Gasteiger partial charge in [-0.15, -0.1) is 0 Å². The molecule has 0 fully saturated rings. The number of halogens is 2. The van der Waals surface area contributed by atoms with Crippen molar-refractivity contribution in [3.63, 3.8) is 0 Å². The number of carbonyl (C=O) groups excluding carboxylic acids is 1. The quantitative estimate of drug-likeness (QED) is 0.793. The van der Waals surface area contributed by atoms with Crippen LogP contribution in [0.5, 0.6) is 5.75 Å². The molecule has 0 saturated carbocycles. The number of nitrogens with one attached hydrogen (secondary N) is 1. The largest absolute Gasteiger partial charge is 0.494 e. The van der Waals surface area contributed by atoms with Crippen molar-refractivity contribution in [2.75, 3.05) is 11.9 Å². The zero-order valence-electron chi connectivity index (χ0n) is 11.5. The van der Waals surface area contributed by atoms with Crippen LogP contribution in [0.1, 0.15) is 23.7 Å². The van der Waals surface area contributed by atoms with Gasteiger partial charge in [0.15, 0.2) is 0 Å². The Hall–Kier alpha value is -1.52. The van der Waals surface area contributed by atoms with Crippen LogP contribution >= 0.6 is 27.5 Å². The maximum atomic E-state index is 12.3. The maximum Gasteiger partial charge on any atom is 0.255 e. The van der Waals surface area contributed by atoms with Crippen LogP contribution in [-0.4, -0.2) is 12.5 Å². The van der Waals surface area contributed by atoms with E-state index in [-0.39, 0.29) is 5.91 Å². The van der Waals surface area contributed by atoms with Crippen LogP contribution in [0.4, 0.5) is 5.69 Å². The lowest BCUT2D eigenvalue weighted by molar-refractivity contribution is 0.102. The number of rotatable bonds is 5. The third-order valence-corrected chi connectivity index (χ3v) is 3.67. The van der Waals surface area contributed by atoms with Crippen molar-refractivity contribution in [2.24, 2.45) is 0 Å². The van der Waals surface area contributed by atoms with Crippen molar-refractivity contribution < 1.29 is 9.53 Å². The Morgan fingerprint density at radius 3 is 2.86 bits per heavy atom. The fourth-order valence-corrected chi connectivity index (χ4v) is 2.25. The van der Waals surface area contributed by atoms with Crippen molar-refractivity contribution in [3.8, 4) is 5.75 Å². The molecule has 21 heavy (non-hydrogen) atoms. The first-order chi connectivity index (χ1) is 10.1. The molecule has 0 aliphatic carbocycles. The Morgan fingerprint density at radius 2 is 2.10 bits per heavy atom. The molecule has 0 aliphatic heterocycles. The van der Waals surface area contributed by atoms with Gasteiger partial charge in [-0.25, -0.2) is 0 Å². The van der Waals surface area contributed by atoms with E-state index >= 15 is 0 Å². The van der Waals surface area contributed by atoms with E-state index in [0.717, 1.165) is 10.9 Å². The Labute approximate surface area is 137 Å². The van der Waals surface area contributed by atoms with E-state index in [4.69, 9.17) is 16.3 Å². The van der Waals surface area contributed by atoms with Crippen LogP contribution in [0.3, 0.4) is 0 Å². The van der Waals surface area contributed by atoms with E-state index in [1.807, 2.05) is 13.0 Å². The minimum absolute atomic E-state index is 0.208. The summed E-state index contributed by atoms with van der Waals surface area (Å²) in [6, 6.07) is 12.3. The average Bonchev–Trinajstić information content (AvgIpc) is 2.49. The van der Waals surface area contributed by atoms with Gasteiger partial charge in [-0.1, -0.05) is 24.6 Å². The van der Waals surface area contributed by atoms with Crippen molar-refractivity contribution >= 4 is 39.1 Å². The summed E-state index contributed by atoms with van der Waals surface area (Å²) in [4.78, 5) is 12.3. The van der Waals surface area contributed by atoms with E-state index in [2.05, 4.69) is 21.2 Å². The first kappa shape index (κ1) is 15.9. The molecule has 0 spiro atoms. The number of ether oxygens (including phenoxy) is 1. The molecule has 0 radical (unpaired) electrons. The van der Waals surface area contributed by atoms with E-state index in [0.29, 0.717) is 28.6 Å². The highest BCUT2D eigenvalue weighted by Crippen LogP contribution is 2.26. The van der Waals surface area contributed by atoms with Crippen molar-refractivity contribution in [2.45, 2.75) is 13.3 Å². The Kier molecular flexibility index (Phi) is 5.65. The summed E-state index contributed by atoms with van der Waals surface area (Å²) in [5.41, 5.74) is 1.17. The summed E-state index contributed by atoms with van der Waals surface area (Å²) in [6.07, 6.45) is 0.923. The highest BCUT2D eigenvalue weighted by Gasteiger charge is 2.09. The summed E-state index contributed by atoms with van der Waals surface area (Å²) in [6.45, 7) is 2.66. The number of anilines is 1. The molecule has 2 aromatic carbocycles. The van der Waals surface area contributed by atoms with Crippen LogP contribution in [-0.2, 0) is 0 Å². The summed E-state index contributed by atoms with van der Waals surface area (Å²) >= 11 is 9.32. The van der Waals surface area contributed by atoms with Crippen LogP contribution in [0.2, 0.25) is 5.02 Å². The average molecular weight is 369 g/mol.